The van der Waals surface area contributed by atoms with E-state index in [9.17, 15) is 18.4 Å². The zero-order valence-electron chi connectivity index (χ0n) is 14.9. The number of benzene rings is 2. The molecule has 0 aromatic heterocycles. The standard InChI is InChI=1S/C21H17ClF2N2O2/c22-17-11-16(5-6-18(17)24)26-20(27)12-19(21(26)28)25-9-7-14(8-10-25)13-1-3-15(23)4-2-13/h1-7,11,19H,8-10,12H2/t19-/m0/s1. The number of amides is 2. The second-order valence-corrected chi connectivity index (χ2v) is 7.27. The smallest absolute Gasteiger partial charge is 0.251 e. The normalized spacial score (nSPS) is 20.6. The van der Waals surface area contributed by atoms with Crippen LogP contribution >= 0.6 is 11.6 Å². The van der Waals surface area contributed by atoms with Crippen LogP contribution in [0.2, 0.25) is 5.02 Å². The van der Waals surface area contributed by atoms with Crippen LogP contribution in [0, 0.1) is 11.6 Å². The summed E-state index contributed by atoms with van der Waals surface area (Å²) < 4.78 is 26.5. The molecular formula is C21H17ClF2N2O2. The van der Waals surface area contributed by atoms with E-state index in [4.69, 9.17) is 11.6 Å². The van der Waals surface area contributed by atoms with E-state index in [1.807, 2.05) is 11.0 Å². The minimum absolute atomic E-state index is 0.0769. The maximum atomic E-state index is 13.4. The molecule has 2 aromatic carbocycles. The van der Waals surface area contributed by atoms with Crippen molar-refractivity contribution in [3.63, 3.8) is 0 Å². The quantitative estimate of drug-likeness (QED) is 0.727. The van der Waals surface area contributed by atoms with E-state index in [0.29, 0.717) is 19.5 Å². The van der Waals surface area contributed by atoms with Gasteiger partial charge in [-0.3, -0.25) is 14.5 Å². The molecule has 0 saturated carbocycles. The lowest BCUT2D eigenvalue weighted by Gasteiger charge is -2.30. The van der Waals surface area contributed by atoms with E-state index in [2.05, 4.69) is 0 Å². The summed E-state index contributed by atoms with van der Waals surface area (Å²) in [5, 5.41) is -0.133. The molecule has 2 heterocycles. The van der Waals surface area contributed by atoms with Gasteiger partial charge in [-0.25, -0.2) is 13.7 Å². The second-order valence-electron chi connectivity index (χ2n) is 6.87. The van der Waals surface area contributed by atoms with Gasteiger partial charge in [-0.2, -0.15) is 0 Å². The fourth-order valence-electron chi connectivity index (χ4n) is 3.69. The first-order chi connectivity index (χ1) is 13.4. The summed E-state index contributed by atoms with van der Waals surface area (Å²) in [6, 6.07) is 9.58. The zero-order chi connectivity index (χ0) is 19.8. The summed E-state index contributed by atoms with van der Waals surface area (Å²) in [6.07, 6.45) is 2.78. The number of nitrogens with zero attached hydrogens (tertiary/aromatic N) is 2. The average molecular weight is 403 g/mol. The average Bonchev–Trinajstić information content (AvgIpc) is 2.99. The van der Waals surface area contributed by atoms with E-state index >= 15 is 0 Å². The van der Waals surface area contributed by atoms with E-state index in [0.717, 1.165) is 22.1 Å². The van der Waals surface area contributed by atoms with Crippen LogP contribution in [-0.4, -0.2) is 35.8 Å². The van der Waals surface area contributed by atoms with Crippen LogP contribution in [0.25, 0.3) is 5.57 Å². The summed E-state index contributed by atoms with van der Waals surface area (Å²) in [6.45, 7) is 1.14. The van der Waals surface area contributed by atoms with Crippen molar-refractivity contribution in [3.05, 3.63) is 70.8 Å². The summed E-state index contributed by atoms with van der Waals surface area (Å²) in [4.78, 5) is 28.3. The fourth-order valence-corrected chi connectivity index (χ4v) is 3.87. The minimum Gasteiger partial charge on any atom is -0.287 e. The first kappa shape index (κ1) is 18.8. The SMILES string of the molecule is O=C1C[C@H](N2CC=C(c3ccc(F)cc3)CC2)C(=O)N1c1ccc(F)c(Cl)c1. The molecule has 2 aliphatic heterocycles. The number of rotatable bonds is 3. The number of halogens is 3. The van der Waals surface area contributed by atoms with Crippen LogP contribution in [0.3, 0.4) is 0 Å². The molecule has 7 heteroatoms. The maximum Gasteiger partial charge on any atom is 0.251 e. The number of carbonyl (C=O) groups excluding carboxylic acids is 2. The molecule has 2 aliphatic rings. The highest BCUT2D eigenvalue weighted by Crippen LogP contribution is 2.31. The van der Waals surface area contributed by atoms with Crippen molar-refractivity contribution in [1.29, 1.82) is 0 Å². The van der Waals surface area contributed by atoms with Gasteiger partial charge in [-0.1, -0.05) is 29.8 Å². The van der Waals surface area contributed by atoms with Crippen molar-refractivity contribution in [2.24, 2.45) is 0 Å². The molecule has 2 amide bonds. The van der Waals surface area contributed by atoms with Gasteiger partial charge in [0.1, 0.15) is 11.6 Å². The van der Waals surface area contributed by atoms with E-state index in [-0.39, 0.29) is 34.8 Å². The van der Waals surface area contributed by atoms with Crippen molar-refractivity contribution >= 4 is 34.7 Å². The van der Waals surface area contributed by atoms with E-state index in [1.165, 1.54) is 24.3 Å². The van der Waals surface area contributed by atoms with Crippen molar-refractivity contribution in [3.8, 4) is 0 Å². The Hall–Kier alpha value is -2.57. The molecule has 0 bridgehead atoms. The number of imide groups is 1. The Balaban J connectivity index is 1.50. The number of carbonyl (C=O) groups is 2. The lowest BCUT2D eigenvalue weighted by molar-refractivity contribution is -0.122. The van der Waals surface area contributed by atoms with Crippen molar-refractivity contribution in [2.45, 2.75) is 18.9 Å². The van der Waals surface area contributed by atoms with E-state index < -0.39 is 11.9 Å². The molecule has 28 heavy (non-hydrogen) atoms. The monoisotopic (exact) mass is 402 g/mol. The van der Waals surface area contributed by atoms with Crippen LogP contribution in [0.5, 0.6) is 0 Å². The van der Waals surface area contributed by atoms with Gasteiger partial charge < -0.3 is 0 Å². The predicted octanol–water partition coefficient (Wildman–Crippen LogP) is 4.04. The fraction of sp³-hybridized carbons (Fsp3) is 0.238. The Labute approximate surface area is 166 Å². The van der Waals surface area contributed by atoms with Crippen LogP contribution < -0.4 is 4.90 Å². The molecule has 1 atom stereocenters. The highest BCUT2D eigenvalue weighted by Gasteiger charge is 2.43. The molecule has 2 aromatic rings. The molecule has 1 fully saturated rings. The number of anilines is 1. The third-order valence-corrected chi connectivity index (χ3v) is 5.47. The highest BCUT2D eigenvalue weighted by molar-refractivity contribution is 6.31. The molecule has 0 spiro atoms. The Morgan fingerprint density at radius 1 is 1.04 bits per heavy atom. The number of hydrogen-bond acceptors (Lipinski definition) is 3. The van der Waals surface area contributed by atoms with Crippen LogP contribution in [0.15, 0.2) is 48.5 Å². The minimum atomic E-state index is -0.601. The van der Waals surface area contributed by atoms with Crippen molar-refractivity contribution < 1.29 is 18.4 Å². The Kier molecular flexibility index (Phi) is 5.00. The molecular weight excluding hydrogens is 386 g/mol. The van der Waals surface area contributed by atoms with Gasteiger partial charge >= 0.3 is 0 Å². The Morgan fingerprint density at radius 3 is 2.43 bits per heavy atom. The van der Waals surface area contributed by atoms with Gasteiger partial charge in [0.25, 0.3) is 5.91 Å². The summed E-state index contributed by atoms with van der Waals surface area (Å²) in [5.74, 6) is -1.54. The maximum absolute atomic E-state index is 13.4. The Morgan fingerprint density at radius 2 is 1.79 bits per heavy atom. The van der Waals surface area contributed by atoms with Gasteiger partial charge in [0.2, 0.25) is 5.91 Å². The van der Waals surface area contributed by atoms with Gasteiger partial charge in [0, 0.05) is 13.1 Å². The van der Waals surface area contributed by atoms with Crippen LogP contribution in [0.1, 0.15) is 18.4 Å². The second kappa shape index (κ2) is 7.45. The highest BCUT2D eigenvalue weighted by atomic mass is 35.5. The van der Waals surface area contributed by atoms with Gasteiger partial charge in [-0.15, -0.1) is 0 Å². The van der Waals surface area contributed by atoms with Gasteiger partial charge in [-0.05, 0) is 47.9 Å². The third-order valence-electron chi connectivity index (χ3n) is 5.18. The number of hydrogen-bond donors (Lipinski definition) is 0. The summed E-state index contributed by atoms with van der Waals surface area (Å²) in [7, 11) is 0. The van der Waals surface area contributed by atoms with Gasteiger partial charge in [0.05, 0.1) is 23.2 Å². The molecule has 144 valence electrons. The zero-order valence-corrected chi connectivity index (χ0v) is 15.6. The largest absolute Gasteiger partial charge is 0.287 e. The molecule has 0 N–H and O–H groups in total. The summed E-state index contributed by atoms with van der Waals surface area (Å²) in [5.41, 5.74) is 2.33. The molecule has 0 unspecified atom stereocenters. The Bertz CT molecular complexity index is 975. The lowest BCUT2D eigenvalue weighted by Crippen LogP contribution is -2.44. The molecule has 4 nitrogen and oxygen atoms in total. The van der Waals surface area contributed by atoms with Crippen molar-refractivity contribution in [2.75, 3.05) is 18.0 Å². The summed E-state index contributed by atoms with van der Waals surface area (Å²) >= 11 is 5.79. The molecule has 4 rings (SSSR count). The third kappa shape index (κ3) is 3.45. The van der Waals surface area contributed by atoms with Crippen LogP contribution in [0.4, 0.5) is 14.5 Å². The first-order valence-electron chi connectivity index (χ1n) is 8.95. The van der Waals surface area contributed by atoms with Gasteiger partial charge in [0.15, 0.2) is 0 Å². The molecule has 0 aliphatic carbocycles. The van der Waals surface area contributed by atoms with E-state index in [1.54, 1.807) is 12.1 Å². The first-order valence-corrected chi connectivity index (χ1v) is 9.32. The molecule has 1 saturated heterocycles. The van der Waals surface area contributed by atoms with Crippen molar-refractivity contribution in [1.82, 2.24) is 4.90 Å². The topological polar surface area (TPSA) is 40.6 Å². The van der Waals surface area contributed by atoms with Crippen LogP contribution in [-0.2, 0) is 9.59 Å². The lowest BCUT2D eigenvalue weighted by atomic mass is 9.98. The molecule has 0 radical (unpaired) electrons. The predicted molar refractivity (Wildman–Crippen MR) is 103 cm³/mol.